The molecule has 5 rings (SSSR count). The molecule has 3 N–H and O–H groups in total. The average Bonchev–Trinajstić information content (AvgIpc) is 3.78. The third-order valence-corrected chi connectivity index (χ3v) is 8.80. The molecule has 3 heterocycles. The Hall–Kier alpha value is -3.28. The van der Waals surface area contributed by atoms with Crippen molar-refractivity contribution in [3.8, 4) is 11.5 Å². The van der Waals surface area contributed by atoms with Gasteiger partial charge in [-0.1, -0.05) is 70.5 Å². The second-order valence-electron chi connectivity index (χ2n) is 10.4. The average molecular weight is 881 g/mol. The van der Waals surface area contributed by atoms with Crippen molar-refractivity contribution in [2.24, 2.45) is 5.73 Å². The number of hydrogen-bond acceptors (Lipinski definition) is 15. The first-order chi connectivity index (χ1) is 26.0. The molecule has 0 spiro atoms. The fourth-order valence-corrected chi connectivity index (χ4v) is 5.60. The zero-order valence-electron chi connectivity index (χ0n) is 31.4. The summed E-state index contributed by atoms with van der Waals surface area (Å²) >= 11 is 20.5. The standard InChI is InChI=1S/C16H18ClN3O3S.C8H9ClN2O2S.C8H10ClNO.C4H8O.ClH/c1-4-23-15(21)11-9-19-16(24-3)20-14(11)18-8-10-5-6-13(22-2)12(17)7-10;1-3-13-7(12)5-4-10-8(14-2)11-6(5)9;1-11-8-3-2-6(5-10)4-7(8)9;1-2-4-5-3-1;/h5-7,9H,4,8H2,1-3H3,(H,18,19,20);4H,3H2,1-2H3;2-4H,5,10H2,1H3;1-4H2;1H. The van der Waals surface area contributed by atoms with Crippen molar-refractivity contribution < 1.29 is 33.3 Å². The van der Waals surface area contributed by atoms with E-state index in [9.17, 15) is 9.59 Å². The summed E-state index contributed by atoms with van der Waals surface area (Å²) in [7, 11) is 3.15. The highest BCUT2D eigenvalue weighted by molar-refractivity contribution is 7.98. The number of carbonyl (C=O) groups is 2. The van der Waals surface area contributed by atoms with Gasteiger partial charge in [-0.15, -0.1) is 12.4 Å². The lowest BCUT2D eigenvalue weighted by atomic mass is 10.2. The number of esters is 2. The fraction of sp³-hybridized carbons (Fsp3) is 0.389. The molecule has 1 saturated heterocycles. The number of anilines is 1. The van der Waals surface area contributed by atoms with Crippen LogP contribution in [0.5, 0.6) is 11.5 Å². The Balaban J connectivity index is 0.000000412. The van der Waals surface area contributed by atoms with Gasteiger partial charge >= 0.3 is 11.9 Å². The van der Waals surface area contributed by atoms with Crippen molar-refractivity contribution in [1.82, 2.24) is 19.9 Å². The van der Waals surface area contributed by atoms with Crippen molar-refractivity contribution in [2.45, 2.75) is 50.1 Å². The van der Waals surface area contributed by atoms with Crippen molar-refractivity contribution in [3.63, 3.8) is 0 Å². The van der Waals surface area contributed by atoms with Crippen LogP contribution < -0.4 is 20.5 Å². The Morgan fingerprint density at radius 1 is 0.800 bits per heavy atom. The van der Waals surface area contributed by atoms with E-state index in [0.29, 0.717) is 62.9 Å². The minimum Gasteiger partial charge on any atom is -0.495 e. The summed E-state index contributed by atoms with van der Waals surface area (Å²) < 4.78 is 24.9. The number of methoxy groups -OCH3 is 2. The Morgan fingerprint density at radius 2 is 1.29 bits per heavy atom. The van der Waals surface area contributed by atoms with Crippen LogP contribution in [0.4, 0.5) is 5.82 Å². The summed E-state index contributed by atoms with van der Waals surface area (Å²) in [5, 5.41) is 5.50. The van der Waals surface area contributed by atoms with Gasteiger partial charge in [0.1, 0.15) is 33.6 Å². The van der Waals surface area contributed by atoms with Crippen molar-refractivity contribution in [1.29, 1.82) is 0 Å². The first kappa shape index (κ1) is 49.7. The summed E-state index contributed by atoms with van der Waals surface area (Å²) in [6.45, 7) is 7.02. The maximum absolute atomic E-state index is 12.0. The quantitative estimate of drug-likeness (QED) is 0.0599. The number of carbonyl (C=O) groups excluding carboxylic acids is 2. The molecule has 0 aliphatic carbocycles. The molecule has 0 atom stereocenters. The number of aromatic nitrogens is 4. The SMILES string of the molecule is C1CCOC1.CCOC(=O)c1cnc(SC)nc1Cl.CCOC(=O)c1cnc(SC)nc1NCc1ccc(OC)c(Cl)c1.COc1ccc(CN)cc1Cl.Cl. The lowest BCUT2D eigenvalue weighted by Gasteiger charge is -2.12. The molecule has 1 fully saturated rings. The number of rotatable bonds is 12. The van der Waals surface area contributed by atoms with Crippen molar-refractivity contribution in [2.75, 3.05) is 58.5 Å². The van der Waals surface area contributed by atoms with E-state index >= 15 is 0 Å². The highest BCUT2D eigenvalue weighted by atomic mass is 35.5. The van der Waals surface area contributed by atoms with Gasteiger partial charge in [-0.05, 0) is 74.6 Å². The molecule has 0 radical (unpaired) electrons. The molecular formula is C36H46Cl4N6O7S2. The molecular weight excluding hydrogens is 834 g/mol. The van der Waals surface area contributed by atoms with Crippen molar-refractivity contribution in [3.05, 3.63) is 86.2 Å². The molecule has 55 heavy (non-hydrogen) atoms. The molecule has 0 unspecified atom stereocenters. The number of benzene rings is 2. The monoisotopic (exact) mass is 878 g/mol. The number of hydrogen-bond donors (Lipinski definition) is 2. The Morgan fingerprint density at radius 3 is 1.73 bits per heavy atom. The number of ether oxygens (including phenoxy) is 5. The molecule has 1 aliphatic rings. The zero-order valence-corrected chi connectivity index (χ0v) is 36.1. The molecule has 19 heteroatoms. The van der Waals surface area contributed by atoms with E-state index in [1.807, 2.05) is 30.7 Å². The van der Waals surface area contributed by atoms with Gasteiger partial charge in [0, 0.05) is 38.7 Å². The van der Waals surface area contributed by atoms with Crippen LogP contribution in [0.1, 0.15) is 58.5 Å². The van der Waals surface area contributed by atoms with E-state index in [-0.39, 0.29) is 29.7 Å². The van der Waals surface area contributed by atoms with Crippen LogP contribution in [0.2, 0.25) is 15.2 Å². The number of nitrogens with zero attached hydrogens (tertiary/aromatic N) is 4. The lowest BCUT2D eigenvalue weighted by molar-refractivity contribution is 0.0516. The molecule has 0 amide bonds. The number of halogens is 4. The molecule has 302 valence electrons. The third-order valence-electron chi connectivity index (χ3n) is 6.80. The largest absolute Gasteiger partial charge is 0.495 e. The Kier molecular flexibility index (Phi) is 25.5. The summed E-state index contributed by atoms with van der Waals surface area (Å²) in [6, 6.07) is 11.0. The molecule has 0 bridgehead atoms. The van der Waals surface area contributed by atoms with E-state index in [2.05, 4.69) is 25.3 Å². The van der Waals surface area contributed by atoms with Gasteiger partial charge in [-0.25, -0.2) is 29.5 Å². The van der Waals surface area contributed by atoms with E-state index in [1.165, 1.54) is 48.8 Å². The molecule has 13 nitrogen and oxygen atoms in total. The smallest absolute Gasteiger partial charge is 0.343 e. The van der Waals surface area contributed by atoms with Gasteiger partial charge in [-0.3, -0.25) is 0 Å². The maximum Gasteiger partial charge on any atom is 0.343 e. The molecule has 4 aromatic rings. The summed E-state index contributed by atoms with van der Waals surface area (Å²) in [5.74, 6) is 0.772. The van der Waals surface area contributed by atoms with E-state index in [0.717, 1.165) is 24.3 Å². The molecule has 2 aromatic heterocycles. The number of thioether (sulfide) groups is 2. The van der Waals surface area contributed by atoms with Gasteiger partial charge in [0.2, 0.25) is 0 Å². The molecule has 0 saturated carbocycles. The normalized spacial score (nSPS) is 11.2. The van der Waals surface area contributed by atoms with Crippen molar-refractivity contribution >= 4 is 88.5 Å². The van der Waals surface area contributed by atoms with Gasteiger partial charge < -0.3 is 34.7 Å². The van der Waals surface area contributed by atoms with Crippen LogP contribution in [-0.4, -0.2) is 85.0 Å². The summed E-state index contributed by atoms with van der Waals surface area (Å²) in [4.78, 5) is 39.6. The number of nitrogens with two attached hydrogens (primary N) is 1. The van der Waals surface area contributed by atoms with E-state index < -0.39 is 11.9 Å². The minimum atomic E-state index is -0.495. The van der Waals surface area contributed by atoms with Gasteiger partial charge in [-0.2, -0.15) is 0 Å². The second-order valence-corrected chi connectivity index (χ2v) is 13.2. The van der Waals surface area contributed by atoms with Crippen LogP contribution in [0.25, 0.3) is 0 Å². The Bertz CT molecular complexity index is 1770. The van der Waals surface area contributed by atoms with Crippen LogP contribution in [0.3, 0.4) is 0 Å². The summed E-state index contributed by atoms with van der Waals surface area (Å²) in [5.41, 5.74) is 7.85. The predicted octanol–water partition coefficient (Wildman–Crippen LogP) is 8.70. The van der Waals surface area contributed by atoms with Crippen LogP contribution in [-0.2, 0) is 27.3 Å². The highest BCUT2D eigenvalue weighted by Crippen LogP contribution is 2.26. The van der Waals surface area contributed by atoms with E-state index in [4.69, 9.17) is 64.2 Å². The first-order valence-electron chi connectivity index (χ1n) is 16.5. The fourth-order valence-electron chi connectivity index (χ4n) is 4.10. The van der Waals surface area contributed by atoms with Gasteiger partial charge in [0.25, 0.3) is 0 Å². The van der Waals surface area contributed by atoms with Crippen LogP contribution in [0, 0.1) is 0 Å². The second kappa shape index (κ2) is 28.2. The molecule has 1 aliphatic heterocycles. The summed E-state index contributed by atoms with van der Waals surface area (Å²) in [6.07, 6.45) is 9.10. The lowest BCUT2D eigenvalue weighted by Crippen LogP contribution is -2.12. The maximum atomic E-state index is 12.0. The van der Waals surface area contributed by atoms with Gasteiger partial charge in [0.05, 0.1) is 37.5 Å². The van der Waals surface area contributed by atoms with Crippen LogP contribution >= 0.6 is 70.7 Å². The zero-order chi connectivity index (χ0) is 39.9. The topological polar surface area (TPSA) is 170 Å². The Labute approximate surface area is 351 Å². The molecule has 2 aromatic carbocycles. The highest BCUT2D eigenvalue weighted by Gasteiger charge is 2.16. The third kappa shape index (κ3) is 17.6. The van der Waals surface area contributed by atoms with Gasteiger partial charge in [0.15, 0.2) is 10.3 Å². The predicted molar refractivity (Wildman–Crippen MR) is 223 cm³/mol. The minimum absolute atomic E-state index is 0. The van der Waals surface area contributed by atoms with E-state index in [1.54, 1.807) is 46.3 Å². The first-order valence-corrected chi connectivity index (χ1v) is 20.1. The van der Waals surface area contributed by atoms with Crippen LogP contribution in [0.15, 0.2) is 59.1 Å². The number of nitrogens with one attached hydrogen (secondary N) is 1.